The zero-order valence-corrected chi connectivity index (χ0v) is 12.2. The molecule has 0 aromatic heterocycles. The average Bonchev–Trinajstić information content (AvgIpc) is 2.47. The van der Waals surface area contributed by atoms with E-state index in [1.807, 2.05) is 7.05 Å². The second-order valence-electron chi connectivity index (χ2n) is 5.54. The number of methoxy groups -OCH3 is 1. The minimum absolute atomic E-state index is 0.138. The van der Waals surface area contributed by atoms with Gasteiger partial charge in [-0.25, -0.2) is 4.39 Å². The summed E-state index contributed by atoms with van der Waals surface area (Å²) in [6.45, 7) is 0. The van der Waals surface area contributed by atoms with Crippen LogP contribution in [-0.4, -0.2) is 25.5 Å². The fourth-order valence-electron chi connectivity index (χ4n) is 3.00. The highest BCUT2D eigenvalue weighted by molar-refractivity contribution is 5.97. The molecule has 3 nitrogen and oxygen atoms in total. The SMILES string of the molecule is CNC1(CC(=O)c2ccc(OC)cc2F)CCCCC1. The molecule has 0 amide bonds. The van der Waals surface area contributed by atoms with Crippen LogP contribution in [0.15, 0.2) is 18.2 Å². The first-order valence-electron chi connectivity index (χ1n) is 7.16. The molecule has 1 aromatic rings. The molecule has 1 saturated carbocycles. The highest BCUT2D eigenvalue weighted by Gasteiger charge is 2.33. The van der Waals surface area contributed by atoms with Crippen LogP contribution in [-0.2, 0) is 0 Å². The van der Waals surface area contributed by atoms with E-state index < -0.39 is 5.82 Å². The summed E-state index contributed by atoms with van der Waals surface area (Å²) in [6, 6.07) is 4.41. The third-order valence-electron chi connectivity index (χ3n) is 4.32. The molecule has 1 fully saturated rings. The molecule has 0 bridgehead atoms. The van der Waals surface area contributed by atoms with E-state index in [1.54, 1.807) is 6.07 Å². The Bertz CT molecular complexity index is 481. The van der Waals surface area contributed by atoms with Gasteiger partial charge in [0.15, 0.2) is 5.78 Å². The third-order valence-corrected chi connectivity index (χ3v) is 4.32. The van der Waals surface area contributed by atoms with E-state index in [9.17, 15) is 9.18 Å². The minimum Gasteiger partial charge on any atom is -0.497 e. The maximum atomic E-state index is 13.9. The number of ketones is 1. The van der Waals surface area contributed by atoms with Gasteiger partial charge in [-0.1, -0.05) is 19.3 Å². The van der Waals surface area contributed by atoms with Crippen LogP contribution in [0.1, 0.15) is 48.9 Å². The molecule has 1 aromatic carbocycles. The fraction of sp³-hybridized carbons (Fsp3) is 0.562. The molecular formula is C16H22FNO2. The first-order chi connectivity index (χ1) is 9.60. The van der Waals surface area contributed by atoms with Crippen LogP contribution in [0.4, 0.5) is 4.39 Å². The van der Waals surface area contributed by atoms with Crippen molar-refractivity contribution in [2.24, 2.45) is 0 Å². The maximum Gasteiger partial charge on any atom is 0.167 e. The summed E-state index contributed by atoms with van der Waals surface area (Å²) in [5.74, 6) is -0.210. The Hall–Kier alpha value is -1.42. The van der Waals surface area contributed by atoms with Crippen LogP contribution in [0.3, 0.4) is 0 Å². The summed E-state index contributed by atoms with van der Waals surface area (Å²) in [7, 11) is 3.37. The number of hydrogen-bond acceptors (Lipinski definition) is 3. The molecule has 0 heterocycles. The van der Waals surface area contributed by atoms with Crippen molar-refractivity contribution in [2.75, 3.05) is 14.2 Å². The third kappa shape index (κ3) is 3.18. The van der Waals surface area contributed by atoms with Crippen molar-refractivity contribution in [1.82, 2.24) is 5.32 Å². The molecule has 0 unspecified atom stereocenters. The van der Waals surface area contributed by atoms with Gasteiger partial charge in [-0.05, 0) is 32.0 Å². The molecule has 0 aliphatic heterocycles. The second-order valence-corrected chi connectivity index (χ2v) is 5.54. The number of hydrogen-bond donors (Lipinski definition) is 1. The summed E-state index contributed by atoms with van der Waals surface area (Å²) in [6.07, 6.45) is 5.78. The number of carbonyl (C=O) groups is 1. The normalized spacial score (nSPS) is 17.8. The number of halogens is 1. The average molecular weight is 279 g/mol. The summed E-state index contributed by atoms with van der Waals surface area (Å²) < 4.78 is 18.9. The van der Waals surface area contributed by atoms with Gasteiger partial charge in [-0.3, -0.25) is 4.79 Å². The number of rotatable bonds is 5. The number of carbonyl (C=O) groups excluding carboxylic acids is 1. The van der Waals surface area contributed by atoms with Crippen LogP contribution in [0.25, 0.3) is 0 Å². The lowest BCUT2D eigenvalue weighted by Crippen LogP contribution is -2.46. The van der Waals surface area contributed by atoms with E-state index >= 15 is 0 Å². The van der Waals surface area contributed by atoms with Gasteiger partial charge in [-0.15, -0.1) is 0 Å². The van der Waals surface area contributed by atoms with Crippen LogP contribution in [0.2, 0.25) is 0 Å². The molecule has 110 valence electrons. The van der Waals surface area contributed by atoms with Gasteiger partial charge in [0.1, 0.15) is 11.6 Å². The topological polar surface area (TPSA) is 38.3 Å². The molecule has 0 saturated heterocycles. The molecule has 0 spiro atoms. The van der Waals surface area contributed by atoms with Gasteiger partial charge in [0.05, 0.1) is 12.7 Å². The minimum atomic E-state index is -0.503. The van der Waals surface area contributed by atoms with Crippen molar-refractivity contribution in [3.63, 3.8) is 0 Å². The molecule has 4 heteroatoms. The molecule has 1 N–H and O–H groups in total. The summed E-state index contributed by atoms with van der Waals surface area (Å²) >= 11 is 0. The second kappa shape index (κ2) is 6.35. The van der Waals surface area contributed by atoms with Crippen LogP contribution < -0.4 is 10.1 Å². The summed E-state index contributed by atoms with van der Waals surface area (Å²) in [5, 5.41) is 3.29. The monoisotopic (exact) mass is 279 g/mol. The largest absolute Gasteiger partial charge is 0.497 e. The number of benzene rings is 1. The van der Waals surface area contributed by atoms with Crippen LogP contribution >= 0.6 is 0 Å². The molecule has 0 atom stereocenters. The van der Waals surface area contributed by atoms with E-state index in [0.717, 1.165) is 25.7 Å². The van der Waals surface area contributed by atoms with E-state index in [1.165, 1.54) is 25.7 Å². The highest BCUT2D eigenvalue weighted by atomic mass is 19.1. The molecule has 1 aliphatic carbocycles. The van der Waals surface area contributed by atoms with Gasteiger partial charge in [-0.2, -0.15) is 0 Å². The Morgan fingerprint density at radius 3 is 2.60 bits per heavy atom. The standard InChI is InChI=1S/C16H22FNO2/c1-18-16(8-4-3-5-9-16)11-15(19)13-7-6-12(20-2)10-14(13)17/h6-7,10,18H,3-5,8-9,11H2,1-2H3. The fourth-order valence-corrected chi connectivity index (χ4v) is 3.00. The van der Waals surface area contributed by atoms with Gasteiger partial charge >= 0.3 is 0 Å². The Morgan fingerprint density at radius 1 is 1.35 bits per heavy atom. The van der Waals surface area contributed by atoms with Crippen molar-refractivity contribution in [3.05, 3.63) is 29.6 Å². The molecular weight excluding hydrogens is 257 g/mol. The van der Waals surface area contributed by atoms with Gasteiger partial charge in [0, 0.05) is 18.0 Å². The van der Waals surface area contributed by atoms with Crippen LogP contribution in [0.5, 0.6) is 5.75 Å². The van der Waals surface area contributed by atoms with Crippen molar-refractivity contribution in [2.45, 2.75) is 44.1 Å². The lowest BCUT2D eigenvalue weighted by molar-refractivity contribution is 0.0911. The quantitative estimate of drug-likeness (QED) is 0.840. The molecule has 20 heavy (non-hydrogen) atoms. The van der Waals surface area contributed by atoms with E-state index in [0.29, 0.717) is 12.2 Å². The highest BCUT2D eigenvalue weighted by Crippen LogP contribution is 2.32. The number of nitrogens with one attached hydrogen (secondary N) is 1. The molecule has 1 aliphatic rings. The predicted octanol–water partition coefficient (Wildman–Crippen LogP) is 3.33. The van der Waals surface area contributed by atoms with E-state index in [2.05, 4.69) is 5.32 Å². The lowest BCUT2D eigenvalue weighted by Gasteiger charge is -2.36. The van der Waals surface area contributed by atoms with Crippen molar-refractivity contribution in [3.8, 4) is 5.75 Å². The Labute approximate surface area is 119 Å². The van der Waals surface area contributed by atoms with Crippen LogP contribution in [0, 0.1) is 5.82 Å². The molecule has 0 radical (unpaired) electrons. The Kier molecular flexibility index (Phi) is 4.76. The van der Waals surface area contributed by atoms with E-state index in [4.69, 9.17) is 4.74 Å². The van der Waals surface area contributed by atoms with E-state index in [-0.39, 0.29) is 16.9 Å². The van der Waals surface area contributed by atoms with Gasteiger partial charge < -0.3 is 10.1 Å². The van der Waals surface area contributed by atoms with Gasteiger partial charge in [0.2, 0.25) is 0 Å². The van der Waals surface area contributed by atoms with Crippen molar-refractivity contribution >= 4 is 5.78 Å². The summed E-state index contributed by atoms with van der Waals surface area (Å²) in [5.41, 5.74) is -0.00665. The Morgan fingerprint density at radius 2 is 2.05 bits per heavy atom. The van der Waals surface area contributed by atoms with Crippen molar-refractivity contribution < 1.29 is 13.9 Å². The maximum absolute atomic E-state index is 13.9. The zero-order valence-electron chi connectivity index (χ0n) is 12.2. The predicted molar refractivity (Wildman–Crippen MR) is 76.8 cm³/mol. The smallest absolute Gasteiger partial charge is 0.167 e. The molecule has 2 rings (SSSR count). The zero-order chi connectivity index (χ0) is 14.6. The van der Waals surface area contributed by atoms with Gasteiger partial charge in [0.25, 0.3) is 0 Å². The number of Topliss-reactive ketones (excluding diaryl/α,β-unsaturated/α-hetero) is 1. The number of ether oxygens (including phenoxy) is 1. The first kappa shape index (κ1) is 15.0. The first-order valence-corrected chi connectivity index (χ1v) is 7.16. The lowest BCUT2D eigenvalue weighted by atomic mass is 9.77. The Balaban J connectivity index is 2.14. The summed E-state index contributed by atoms with van der Waals surface area (Å²) in [4.78, 5) is 12.4. The van der Waals surface area contributed by atoms with Crippen molar-refractivity contribution in [1.29, 1.82) is 0 Å².